The van der Waals surface area contributed by atoms with Crippen molar-refractivity contribution in [1.29, 1.82) is 0 Å². The van der Waals surface area contributed by atoms with Gasteiger partial charge < -0.3 is 23.8 Å². The number of nitrogens with one attached hydrogen (secondary N) is 1. The van der Waals surface area contributed by atoms with Crippen molar-refractivity contribution in [1.82, 2.24) is 24.8 Å². The molecular formula is C45H53F4N7O6. The highest BCUT2D eigenvalue weighted by Crippen LogP contribution is 2.49. The highest BCUT2D eigenvalue weighted by Gasteiger charge is 2.58. The van der Waals surface area contributed by atoms with Gasteiger partial charge in [-0.1, -0.05) is 25.1 Å². The van der Waals surface area contributed by atoms with Gasteiger partial charge in [0.05, 0.1) is 35.9 Å². The smallest absolute Gasteiger partial charge is 0.412 e. The van der Waals surface area contributed by atoms with Gasteiger partial charge in [-0.2, -0.15) is 9.97 Å². The van der Waals surface area contributed by atoms with Gasteiger partial charge in [-0.05, 0) is 104 Å². The molecule has 0 radical (unpaired) electrons. The van der Waals surface area contributed by atoms with Crippen LogP contribution in [0.4, 0.5) is 38.7 Å². The van der Waals surface area contributed by atoms with Gasteiger partial charge in [0.2, 0.25) is 5.88 Å². The van der Waals surface area contributed by atoms with E-state index in [2.05, 4.69) is 10.3 Å². The maximum Gasteiger partial charge on any atom is 0.412 e. The van der Waals surface area contributed by atoms with E-state index in [1.807, 2.05) is 45.6 Å². The number of hydrogen-bond donors (Lipinski definition) is 1. The zero-order chi connectivity index (χ0) is 44.3. The quantitative estimate of drug-likeness (QED) is 0.186. The van der Waals surface area contributed by atoms with E-state index >= 15 is 8.78 Å². The van der Waals surface area contributed by atoms with Crippen LogP contribution in [0.15, 0.2) is 24.3 Å². The molecule has 2 aromatic carbocycles. The number of ether oxygens (including phenoxy) is 4. The number of fused-ring (bicyclic) bond motifs is 7. The fourth-order valence-electron chi connectivity index (χ4n) is 10.4. The first kappa shape index (κ1) is 42.1. The predicted molar refractivity (Wildman–Crippen MR) is 224 cm³/mol. The lowest BCUT2D eigenvalue weighted by atomic mass is 9.94. The monoisotopic (exact) mass is 863 g/mol. The van der Waals surface area contributed by atoms with Gasteiger partial charge in [-0.15, -0.1) is 0 Å². The minimum Gasteiger partial charge on any atom is -0.472 e. The highest BCUT2D eigenvalue weighted by molar-refractivity contribution is 6.05. The Morgan fingerprint density at radius 1 is 1.00 bits per heavy atom. The number of benzene rings is 2. The standard InChI is InChI=1S/C45H53F4N7O6/c1-9-24-12-10-13-26-30(24)27(18-28(32(26)46)50-40(57)61-42(3,4)5)34-33(47)35-31-37(53-39(52-35)59-22-44-16-11-17-54(44)21-45(48,49)20-44)55-19-25-14-15-29(36(55)23(2)60-38(31)51-34)56(25)41(58)62-43(6,7)8/h10,12-13,18,23,25,29,36H,9,11,14-17,19-22H2,1-8H3,(H,50,57)/t23-,25+,29-,36+,44?/m0/s1. The second kappa shape index (κ2) is 14.7. The average Bonchev–Trinajstić information content (AvgIpc) is 3.76. The Bertz CT molecular complexity index is 2490. The van der Waals surface area contributed by atoms with Crippen LogP contribution in [0.1, 0.15) is 93.1 Å². The molecule has 17 heteroatoms. The molecule has 2 aromatic heterocycles. The van der Waals surface area contributed by atoms with Crippen molar-refractivity contribution in [2.75, 3.05) is 36.5 Å². The minimum atomic E-state index is -2.89. The predicted octanol–water partition coefficient (Wildman–Crippen LogP) is 9.02. The molecule has 2 amide bonds. The van der Waals surface area contributed by atoms with E-state index < -0.39 is 58.6 Å². The number of halogens is 4. The van der Waals surface area contributed by atoms with Gasteiger partial charge in [0.15, 0.2) is 11.6 Å². The number of piperazine rings is 1. The van der Waals surface area contributed by atoms with Gasteiger partial charge in [-0.3, -0.25) is 15.1 Å². The van der Waals surface area contributed by atoms with E-state index in [-0.39, 0.29) is 82.6 Å². The Labute approximate surface area is 357 Å². The number of pyridine rings is 1. The van der Waals surface area contributed by atoms with Crippen molar-refractivity contribution in [2.45, 2.75) is 141 Å². The molecule has 62 heavy (non-hydrogen) atoms. The topological polar surface area (TPSA) is 131 Å². The van der Waals surface area contributed by atoms with E-state index in [1.165, 1.54) is 6.07 Å². The van der Waals surface area contributed by atoms with Gasteiger partial charge in [0.25, 0.3) is 5.92 Å². The molecule has 0 saturated carbocycles. The van der Waals surface area contributed by atoms with E-state index in [4.69, 9.17) is 28.9 Å². The van der Waals surface area contributed by atoms with Crippen molar-refractivity contribution >= 4 is 45.4 Å². The number of carbonyl (C=O) groups is 2. The number of aromatic nitrogens is 3. The third-order valence-electron chi connectivity index (χ3n) is 12.7. The number of rotatable bonds is 6. The molecule has 9 rings (SSSR count). The number of nitrogens with zero attached hydrogens (tertiary/aromatic N) is 6. The van der Waals surface area contributed by atoms with Crippen molar-refractivity contribution in [3.05, 3.63) is 41.5 Å². The van der Waals surface area contributed by atoms with Gasteiger partial charge >= 0.3 is 18.2 Å². The normalized spacial score (nSPS) is 25.4. The van der Waals surface area contributed by atoms with Gasteiger partial charge in [0.1, 0.15) is 46.3 Å². The fourth-order valence-corrected chi connectivity index (χ4v) is 10.4. The summed E-state index contributed by atoms with van der Waals surface area (Å²) >= 11 is 0. The van der Waals surface area contributed by atoms with Crippen LogP contribution in [0.25, 0.3) is 32.9 Å². The van der Waals surface area contributed by atoms with Crippen LogP contribution in [0, 0.1) is 11.6 Å². The van der Waals surface area contributed by atoms with E-state index in [0.717, 1.165) is 6.42 Å². The number of hydrogen-bond acceptors (Lipinski definition) is 11. The number of alkyl halides is 2. The van der Waals surface area contributed by atoms with Crippen molar-refractivity contribution < 1.29 is 46.1 Å². The first-order chi connectivity index (χ1) is 29.2. The Morgan fingerprint density at radius 3 is 2.48 bits per heavy atom. The molecule has 2 bridgehead atoms. The molecule has 0 spiro atoms. The third kappa shape index (κ3) is 7.26. The summed E-state index contributed by atoms with van der Waals surface area (Å²) in [5.74, 6) is -4.24. The molecule has 1 unspecified atom stereocenters. The summed E-state index contributed by atoms with van der Waals surface area (Å²) in [6.45, 7) is 14.5. The van der Waals surface area contributed by atoms with Crippen molar-refractivity contribution in [3.8, 4) is 23.1 Å². The van der Waals surface area contributed by atoms with E-state index in [9.17, 15) is 18.4 Å². The van der Waals surface area contributed by atoms with Gasteiger partial charge in [0, 0.05) is 23.9 Å². The second-order valence-corrected chi connectivity index (χ2v) is 19.5. The summed E-state index contributed by atoms with van der Waals surface area (Å²) in [6.07, 6.45) is 0.621. The average molecular weight is 864 g/mol. The van der Waals surface area contributed by atoms with Crippen LogP contribution in [-0.4, -0.2) is 110 Å². The summed E-state index contributed by atoms with van der Waals surface area (Å²) in [7, 11) is 0. The molecule has 13 nitrogen and oxygen atoms in total. The van der Waals surface area contributed by atoms with Crippen molar-refractivity contribution in [3.63, 3.8) is 0 Å². The fraction of sp³-hybridized carbons (Fsp3) is 0.578. The highest BCUT2D eigenvalue weighted by atomic mass is 19.3. The molecule has 4 fully saturated rings. The summed E-state index contributed by atoms with van der Waals surface area (Å²) in [4.78, 5) is 46.8. The largest absolute Gasteiger partial charge is 0.472 e. The minimum absolute atomic E-state index is 0.00337. The summed E-state index contributed by atoms with van der Waals surface area (Å²) in [6, 6.07) is 5.01. The number of anilines is 2. The van der Waals surface area contributed by atoms with Crippen LogP contribution in [0.2, 0.25) is 0 Å². The van der Waals surface area contributed by atoms with Crippen LogP contribution < -0.4 is 19.7 Å². The summed E-state index contributed by atoms with van der Waals surface area (Å²) < 4.78 is 88.4. The van der Waals surface area contributed by atoms with Crippen LogP contribution in [-0.2, 0) is 15.9 Å². The lowest BCUT2D eigenvalue weighted by Crippen LogP contribution is -2.65. The lowest BCUT2D eigenvalue weighted by molar-refractivity contribution is 0.000850. The first-order valence-electron chi connectivity index (χ1n) is 21.5. The molecule has 7 heterocycles. The second-order valence-electron chi connectivity index (χ2n) is 19.5. The molecule has 1 N–H and O–H groups in total. The zero-order valence-corrected chi connectivity index (χ0v) is 36.3. The first-order valence-corrected chi connectivity index (χ1v) is 21.5. The maximum absolute atomic E-state index is 17.9. The molecule has 332 valence electrons. The third-order valence-corrected chi connectivity index (χ3v) is 12.7. The Hall–Kier alpha value is -5.19. The molecule has 4 aromatic rings. The summed E-state index contributed by atoms with van der Waals surface area (Å²) in [5, 5.41) is 3.17. The maximum atomic E-state index is 17.9. The van der Waals surface area contributed by atoms with Crippen LogP contribution >= 0.6 is 0 Å². The van der Waals surface area contributed by atoms with Crippen molar-refractivity contribution in [2.24, 2.45) is 0 Å². The molecule has 5 aliphatic heterocycles. The molecule has 5 aliphatic rings. The Balaban J connectivity index is 1.22. The SMILES string of the molecule is CCc1cccc2c(F)c(NC(=O)OC(C)(C)C)cc(-c3nc4c5c(nc(OCC67CCCN6CC(F)(F)C7)nc5c3F)N3C[C@H]5CC[C@@H]([C@H]3[C@H](C)O4)N5C(=O)OC(C)(C)C)c12. The van der Waals surface area contributed by atoms with Gasteiger partial charge in [-0.25, -0.2) is 32.1 Å². The van der Waals surface area contributed by atoms with Crippen LogP contribution in [0.3, 0.4) is 0 Å². The molecule has 4 saturated heterocycles. The summed E-state index contributed by atoms with van der Waals surface area (Å²) in [5.41, 5.74) is -2.41. The lowest BCUT2D eigenvalue weighted by Gasteiger charge is -2.48. The Morgan fingerprint density at radius 2 is 1.76 bits per heavy atom. The van der Waals surface area contributed by atoms with Crippen LogP contribution in [0.5, 0.6) is 11.9 Å². The zero-order valence-electron chi connectivity index (χ0n) is 36.3. The number of amides is 2. The van der Waals surface area contributed by atoms with E-state index in [0.29, 0.717) is 49.7 Å². The number of carbonyl (C=O) groups excluding carboxylic acids is 2. The number of aryl methyl sites for hydroxylation is 1. The molecule has 5 atom stereocenters. The molecule has 0 aliphatic carbocycles. The van der Waals surface area contributed by atoms with E-state index in [1.54, 1.807) is 42.7 Å². The Kier molecular flexibility index (Phi) is 9.99. The molecular weight excluding hydrogens is 811 g/mol.